The molecule has 0 aliphatic rings. The van der Waals surface area contributed by atoms with Crippen molar-refractivity contribution in [1.82, 2.24) is 4.98 Å². The summed E-state index contributed by atoms with van der Waals surface area (Å²) in [4.78, 5) is 23.9. The van der Waals surface area contributed by atoms with E-state index in [1.807, 2.05) is 0 Å². The van der Waals surface area contributed by atoms with Gasteiger partial charge in [-0.1, -0.05) is 0 Å². The van der Waals surface area contributed by atoms with Gasteiger partial charge in [0.25, 0.3) is 0 Å². The van der Waals surface area contributed by atoms with Crippen LogP contribution in [0, 0.1) is 10.1 Å². The highest BCUT2D eigenvalue weighted by molar-refractivity contribution is 6.37. The molecular formula is C7H5ClF2N4O3. The first-order chi connectivity index (χ1) is 7.84. The molecule has 0 aliphatic carbocycles. The first-order valence-electron chi connectivity index (χ1n) is 4.02. The Hall–Kier alpha value is -2.03. The fourth-order valence-corrected chi connectivity index (χ4v) is 1.14. The number of nitrogen functional groups attached to an aromatic ring is 1. The molecule has 1 amide bonds. The Morgan fingerprint density at radius 3 is 2.71 bits per heavy atom. The molecule has 0 radical (unpaired) electrons. The lowest BCUT2D eigenvalue weighted by Gasteiger charge is -2.12. The van der Waals surface area contributed by atoms with E-state index in [0.29, 0.717) is 0 Å². The molecule has 1 heterocycles. The van der Waals surface area contributed by atoms with Gasteiger partial charge in [-0.15, -0.1) is 0 Å². The van der Waals surface area contributed by atoms with Crippen molar-refractivity contribution in [1.29, 1.82) is 0 Å². The molecular weight excluding hydrogens is 262 g/mol. The van der Waals surface area contributed by atoms with Crippen LogP contribution in [0.3, 0.4) is 0 Å². The largest absolute Gasteiger partial charge is 0.397 e. The molecule has 0 saturated carbocycles. The Morgan fingerprint density at radius 2 is 2.24 bits per heavy atom. The van der Waals surface area contributed by atoms with E-state index < -0.39 is 28.8 Å². The van der Waals surface area contributed by atoms with E-state index in [-0.39, 0.29) is 10.1 Å². The second-order valence-electron chi connectivity index (χ2n) is 2.79. The van der Waals surface area contributed by atoms with E-state index in [2.05, 4.69) is 4.98 Å². The number of carbonyl (C=O) groups excluding carboxylic acids is 1. The smallest absolute Gasteiger partial charge is 0.317 e. The number of aromatic nitrogens is 1. The molecule has 17 heavy (non-hydrogen) atoms. The van der Waals surface area contributed by atoms with Crippen molar-refractivity contribution in [2.24, 2.45) is 0 Å². The van der Waals surface area contributed by atoms with Gasteiger partial charge in [-0.25, -0.2) is 4.98 Å². The normalized spacial score (nSPS) is 10.4. The average molecular weight is 267 g/mol. The Balaban J connectivity index is 3.22. The number of alkyl halides is 2. The molecule has 2 N–H and O–H groups in total. The van der Waals surface area contributed by atoms with Gasteiger partial charge in [0.1, 0.15) is 0 Å². The summed E-state index contributed by atoms with van der Waals surface area (Å²) < 4.78 is 24.0. The number of nitrogens with two attached hydrogens (primary N) is 1. The number of amides is 1. The molecule has 0 aliphatic heterocycles. The predicted octanol–water partition coefficient (Wildman–Crippen LogP) is 1.32. The van der Waals surface area contributed by atoms with Crippen LogP contribution in [0.5, 0.6) is 0 Å². The quantitative estimate of drug-likeness (QED) is 0.505. The van der Waals surface area contributed by atoms with Crippen LogP contribution in [0.2, 0.25) is 0 Å². The number of anilines is 2. The SMILES string of the molecule is Nc1cnc(N(Cl)C(=O)C(F)F)c([N+](=O)[O-])c1. The van der Waals surface area contributed by atoms with Gasteiger partial charge >= 0.3 is 18.0 Å². The molecule has 7 nitrogen and oxygen atoms in total. The van der Waals surface area contributed by atoms with Crippen LogP contribution in [0.25, 0.3) is 0 Å². The summed E-state index contributed by atoms with van der Waals surface area (Å²) in [6.45, 7) is 0. The summed E-state index contributed by atoms with van der Waals surface area (Å²) >= 11 is 5.25. The lowest BCUT2D eigenvalue weighted by Crippen LogP contribution is -2.28. The summed E-state index contributed by atoms with van der Waals surface area (Å²) in [6, 6.07) is 0.858. The first kappa shape index (κ1) is 13.0. The molecule has 1 aromatic rings. The summed E-state index contributed by atoms with van der Waals surface area (Å²) in [5.74, 6) is -2.52. The van der Waals surface area contributed by atoms with Crippen LogP contribution in [0.4, 0.5) is 26.0 Å². The minimum atomic E-state index is -3.40. The molecule has 10 heteroatoms. The number of rotatable bonds is 3. The van der Waals surface area contributed by atoms with Gasteiger partial charge in [0.2, 0.25) is 5.82 Å². The maximum absolute atomic E-state index is 12.1. The Labute approximate surface area is 98.0 Å². The van der Waals surface area contributed by atoms with Gasteiger partial charge in [-0.05, 0) is 0 Å². The van der Waals surface area contributed by atoms with Crippen molar-refractivity contribution in [2.45, 2.75) is 6.43 Å². The van der Waals surface area contributed by atoms with Crippen LogP contribution < -0.4 is 10.2 Å². The van der Waals surface area contributed by atoms with Gasteiger partial charge in [-0.2, -0.15) is 13.2 Å². The molecule has 92 valence electrons. The van der Waals surface area contributed by atoms with Gasteiger partial charge < -0.3 is 5.73 Å². The van der Waals surface area contributed by atoms with Crippen molar-refractivity contribution >= 4 is 34.9 Å². The molecule has 0 atom stereocenters. The van der Waals surface area contributed by atoms with E-state index in [1.165, 1.54) is 0 Å². The second kappa shape index (κ2) is 4.87. The lowest BCUT2D eigenvalue weighted by atomic mass is 10.3. The van der Waals surface area contributed by atoms with E-state index in [1.54, 1.807) is 0 Å². The number of nitro groups is 1. The Bertz CT molecular complexity index is 470. The molecule has 1 aromatic heterocycles. The van der Waals surface area contributed by atoms with Gasteiger partial charge in [0, 0.05) is 17.8 Å². The van der Waals surface area contributed by atoms with Gasteiger partial charge in [0.15, 0.2) is 0 Å². The third kappa shape index (κ3) is 2.75. The number of hydrogen-bond donors (Lipinski definition) is 1. The summed E-state index contributed by atoms with van der Waals surface area (Å²) in [5, 5.41) is 10.6. The predicted molar refractivity (Wildman–Crippen MR) is 54.6 cm³/mol. The minimum Gasteiger partial charge on any atom is -0.397 e. The average Bonchev–Trinajstić information content (AvgIpc) is 2.26. The summed E-state index contributed by atoms with van der Waals surface area (Å²) in [7, 11) is 0. The van der Waals surface area contributed by atoms with E-state index in [0.717, 1.165) is 12.3 Å². The third-order valence-corrected chi connectivity index (χ3v) is 1.96. The zero-order chi connectivity index (χ0) is 13.2. The standard InChI is InChI=1S/C7H5ClF2N4O3/c8-13(7(15)5(9)10)6-4(14(16)17)1-3(11)2-12-6/h1-2,5H,11H2. The molecule has 1 rings (SSSR count). The topological polar surface area (TPSA) is 102 Å². The highest BCUT2D eigenvalue weighted by Crippen LogP contribution is 2.29. The lowest BCUT2D eigenvalue weighted by molar-refractivity contribution is -0.384. The number of nitrogens with zero attached hydrogens (tertiary/aromatic N) is 3. The molecule has 0 unspecified atom stereocenters. The van der Waals surface area contributed by atoms with Crippen molar-refractivity contribution in [3.8, 4) is 0 Å². The first-order valence-corrected chi connectivity index (χ1v) is 4.36. The fourth-order valence-electron chi connectivity index (χ4n) is 0.937. The highest BCUT2D eigenvalue weighted by Gasteiger charge is 2.30. The number of pyridine rings is 1. The van der Waals surface area contributed by atoms with Crippen LogP contribution in [-0.2, 0) is 4.79 Å². The molecule has 0 spiro atoms. The van der Waals surface area contributed by atoms with Crippen LogP contribution in [0.15, 0.2) is 12.3 Å². The van der Waals surface area contributed by atoms with Gasteiger partial charge in [-0.3, -0.25) is 14.9 Å². The van der Waals surface area contributed by atoms with Crippen molar-refractivity contribution in [3.05, 3.63) is 22.4 Å². The fraction of sp³-hybridized carbons (Fsp3) is 0.143. The number of carbonyl (C=O) groups is 1. The Morgan fingerprint density at radius 1 is 1.65 bits per heavy atom. The van der Waals surface area contributed by atoms with Gasteiger partial charge in [0.05, 0.1) is 16.8 Å². The van der Waals surface area contributed by atoms with Crippen molar-refractivity contribution < 1.29 is 18.5 Å². The van der Waals surface area contributed by atoms with E-state index in [4.69, 9.17) is 17.5 Å². The van der Waals surface area contributed by atoms with Crippen LogP contribution in [-0.4, -0.2) is 22.2 Å². The minimum absolute atomic E-state index is 0.0602. The molecule has 0 bridgehead atoms. The number of halogens is 3. The zero-order valence-electron chi connectivity index (χ0n) is 8.01. The maximum Gasteiger partial charge on any atom is 0.317 e. The summed E-state index contributed by atoms with van der Waals surface area (Å²) in [5.41, 5.74) is 4.44. The molecule has 0 fully saturated rings. The number of hydrogen-bond acceptors (Lipinski definition) is 5. The van der Waals surface area contributed by atoms with E-state index >= 15 is 0 Å². The summed E-state index contributed by atoms with van der Waals surface area (Å²) in [6.07, 6.45) is -2.44. The van der Waals surface area contributed by atoms with Crippen LogP contribution in [0.1, 0.15) is 0 Å². The molecule has 0 saturated heterocycles. The van der Waals surface area contributed by atoms with Crippen molar-refractivity contribution in [3.63, 3.8) is 0 Å². The molecule has 0 aromatic carbocycles. The van der Waals surface area contributed by atoms with E-state index in [9.17, 15) is 23.7 Å². The van der Waals surface area contributed by atoms with Crippen molar-refractivity contribution in [2.75, 3.05) is 10.2 Å². The Kier molecular flexibility index (Phi) is 3.73. The highest BCUT2D eigenvalue weighted by atomic mass is 35.5. The third-order valence-electron chi connectivity index (χ3n) is 1.63. The zero-order valence-corrected chi connectivity index (χ0v) is 8.77. The second-order valence-corrected chi connectivity index (χ2v) is 3.13. The monoisotopic (exact) mass is 266 g/mol. The maximum atomic E-state index is 12.1. The van der Waals surface area contributed by atoms with Crippen LogP contribution >= 0.6 is 11.8 Å².